The van der Waals surface area contributed by atoms with E-state index in [1.165, 1.54) is 0 Å². The Labute approximate surface area is 107 Å². The van der Waals surface area contributed by atoms with E-state index in [9.17, 15) is 4.79 Å². The van der Waals surface area contributed by atoms with E-state index >= 15 is 0 Å². The number of carbonyl (C=O) groups is 1. The van der Waals surface area contributed by atoms with E-state index in [1.807, 2.05) is 0 Å². The SMILES string of the molecule is CCC(C)NCC(=O)NC(C)(C)CC(C)(C)C. The first-order valence-electron chi connectivity index (χ1n) is 6.60. The largest absolute Gasteiger partial charge is 0.350 e. The van der Waals surface area contributed by atoms with Gasteiger partial charge in [-0.3, -0.25) is 4.79 Å². The molecule has 0 rings (SSSR count). The summed E-state index contributed by atoms with van der Waals surface area (Å²) in [7, 11) is 0. The second-order valence-electron chi connectivity index (χ2n) is 6.86. The van der Waals surface area contributed by atoms with Crippen molar-refractivity contribution in [2.45, 2.75) is 72.9 Å². The molecule has 3 heteroatoms. The second-order valence-corrected chi connectivity index (χ2v) is 6.86. The van der Waals surface area contributed by atoms with Gasteiger partial charge in [-0.05, 0) is 39.0 Å². The molecule has 3 nitrogen and oxygen atoms in total. The van der Waals surface area contributed by atoms with Gasteiger partial charge in [0, 0.05) is 11.6 Å². The fraction of sp³-hybridized carbons (Fsp3) is 0.929. The summed E-state index contributed by atoms with van der Waals surface area (Å²) >= 11 is 0. The van der Waals surface area contributed by atoms with Gasteiger partial charge < -0.3 is 10.6 Å². The minimum absolute atomic E-state index is 0.0829. The molecule has 0 fully saturated rings. The van der Waals surface area contributed by atoms with Gasteiger partial charge >= 0.3 is 0 Å². The Morgan fingerprint density at radius 1 is 1.18 bits per heavy atom. The van der Waals surface area contributed by atoms with Crippen molar-refractivity contribution in [3.05, 3.63) is 0 Å². The van der Waals surface area contributed by atoms with Gasteiger partial charge in [0.1, 0.15) is 0 Å². The van der Waals surface area contributed by atoms with Gasteiger partial charge in [0.05, 0.1) is 6.54 Å². The molecule has 0 heterocycles. The van der Waals surface area contributed by atoms with Gasteiger partial charge in [-0.25, -0.2) is 0 Å². The summed E-state index contributed by atoms with van der Waals surface area (Å²) < 4.78 is 0. The lowest BCUT2D eigenvalue weighted by Gasteiger charge is -2.33. The standard InChI is InChI=1S/C14H30N2O/c1-8-11(2)15-9-12(17)16-14(6,7)10-13(3,4)5/h11,15H,8-10H2,1-7H3,(H,16,17). The van der Waals surface area contributed by atoms with Crippen LogP contribution in [0.5, 0.6) is 0 Å². The van der Waals surface area contributed by atoms with Gasteiger partial charge in [0.25, 0.3) is 0 Å². The zero-order chi connectivity index (χ0) is 13.7. The summed E-state index contributed by atoms with van der Waals surface area (Å²) in [6, 6.07) is 0.395. The molecule has 0 spiro atoms. The maximum absolute atomic E-state index is 11.8. The third-order valence-electron chi connectivity index (χ3n) is 2.67. The molecule has 0 saturated heterocycles. The predicted octanol–water partition coefficient (Wildman–Crippen LogP) is 2.71. The minimum Gasteiger partial charge on any atom is -0.350 e. The second kappa shape index (κ2) is 6.39. The van der Waals surface area contributed by atoms with Crippen LogP contribution in [0.15, 0.2) is 0 Å². The molecule has 0 bridgehead atoms. The van der Waals surface area contributed by atoms with Crippen molar-refractivity contribution < 1.29 is 4.79 Å². The van der Waals surface area contributed by atoms with E-state index in [0.29, 0.717) is 12.6 Å². The molecule has 0 aromatic carbocycles. The number of nitrogens with one attached hydrogen (secondary N) is 2. The zero-order valence-corrected chi connectivity index (χ0v) is 12.6. The Balaban J connectivity index is 4.10. The highest BCUT2D eigenvalue weighted by Gasteiger charge is 2.26. The number of amides is 1. The fourth-order valence-electron chi connectivity index (χ4n) is 2.20. The molecule has 0 aliphatic heterocycles. The third kappa shape index (κ3) is 9.16. The Morgan fingerprint density at radius 3 is 2.12 bits per heavy atom. The first kappa shape index (κ1) is 16.4. The first-order valence-corrected chi connectivity index (χ1v) is 6.60. The van der Waals surface area contributed by atoms with Crippen LogP contribution in [0, 0.1) is 5.41 Å². The molecule has 2 N–H and O–H groups in total. The maximum Gasteiger partial charge on any atom is 0.234 e. The average Bonchev–Trinajstić information content (AvgIpc) is 2.09. The van der Waals surface area contributed by atoms with E-state index in [2.05, 4.69) is 59.1 Å². The summed E-state index contributed by atoms with van der Waals surface area (Å²) in [5.41, 5.74) is 0.0768. The molecule has 0 aliphatic carbocycles. The lowest BCUT2D eigenvalue weighted by molar-refractivity contribution is -0.122. The average molecular weight is 242 g/mol. The van der Waals surface area contributed by atoms with E-state index < -0.39 is 0 Å². The van der Waals surface area contributed by atoms with Crippen molar-refractivity contribution in [1.82, 2.24) is 10.6 Å². The molecule has 0 aliphatic rings. The van der Waals surface area contributed by atoms with Crippen LogP contribution in [-0.4, -0.2) is 24.0 Å². The van der Waals surface area contributed by atoms with Gasteiger partial charge in [-0.15, -0.1) is 0 Å². The molecule has 17 heavy (non-hydrogen) atoms. The predicted molar refractivity (Wildman–Crippen MR) is 74.0 cm³/mol. The summed E-state index contributed by atoms with van der Waals surface area (Å²) in [5.74, 6) is 0.0829. The fourth-order valence-corrected chi connectivity index (χ4v) is 2.20. The van der Waals surface area contributed by atoms with Crippen LogP contribution in [0.25, 0.3) is 0 Å². The molecular formula is C14H30N2O. The molecule has 0 aromatic heterocycles. The van der Waals surface area contributed by atoms with E-state index in [-0.39, 0.29) is 16.9 Å². The summed E-state index contributed by atoms with van der Waals surface area (Å²) in [6.07, 6.45) is 2.01. The number of rotatable bonds is 6. The van der Waals surface area contributed by atoms with Gasteiger partial charge in [-0.1, -0.05) is 27.7 Å². The normalized spacial score (nSPS) is 14.5. The lowest BCUT2D eigenvalue weighted by atomic mass is 9.82. The summed E-state index contributed by atoms with van der Waals surface area (Å²) in [6.45, 7) is 15.4. The maximum atomic E-state index is 11.8. The van der Waals surface area contributed by atoms with E-state index in [4.69, 9.17) is 0 Å². The van der Waals surface area contributed by atoms with Crippen molar-refractivity contribution in [3.63, 3.8) is 0 Å². The van der Waals surface area contributed by atoms with Crippen LogP contribution in [0.2, 0.25) is 0 Å². The molecule has 1 amide bonds. The number of carbonyl (C=O) groups excluding carboxylic acids is 1. The topological polar surface area (TPSA) is 41.1 Å². The van der Waals surface area contributed by atoms with Crippen molar-refractivity contribution in [1.29, 1.82) is 0 Å². The van der Waals surface area contributed by atoms with Crippen LogP contribution in [0.3, 0.4) is 0 Å². The van der Waals surface area contributed by atoms with Crippen LogP contribution < -0.4 is 10.6 Å². The van der Waals surface area contributed by atoms with Crippen molar-refractivity contribution in [2.24, 2.45) is 5.41 Å². The van der Waals surface area contributed by atoms with E-state index in [1.54, 1.807) is 0 Å². The summed E-state index contributed by atoms with van der Waals surface area (Å²) in [4.78, 5) is 11.8. The Hall–Kier alpha value is -0.570. The Kier molecular flexibility index (Phi) is 6.17. The Bertz CT molecular complexity index is 241. The minimum atomic E-state index is -0.146. The highest BCUT2D eigenvalue weighted by atomic mass is 16.2. The molecule has 0 saturated carbocycles. The quantitative estimate of drug-likeness (QED) is 0.752. The smallest absolute Gasteiger partial charge is 0.234 e. The lowest BCUT2D eigenvalue weighted by Crippen LogP contribution is -2.49. The number of hydrogen-bond donors (Lipinski definition) is 2. The van der Waals surface area contributed by atoms with Crippen LogP contribution >= 0.6 is 0 Å². The first-order chi connectivity index (χ1) is 7.56. The van der Waals surface area contributed by atoms with Crippen molar-refractivity contribution >= 4 is 5.91 Å². The summed E-state index contributed by atoms with van der Waals surface area (Å²) in [5, 5.41) is 6.30. The van der Waals surface area contributed by atoms with Crippen LogP contribution in [0.4, 0.5) is 0 Å². The highest BCUT2D eigenvalue weighted by Crippen LogP contribution is 2.26. The Morgan fingerprint density at radius 2 is 1.71 bits per heavy atom. The van der Waals surface area contributed by atoms with Crippen molar-refractivity contribution in [2.75, 3.05) is 6.54 Å². The molecule has 0 aromatic rings. The molecule has 1 atom stereocenters. The third-order valence-corrected chi connectivity index (χ3v) is 2.67. The molecular weight excluding hydrogens is 212 g/mol. The van der Waals surface area contributed by atoms with Gasteiger partial charge in [-0.2, -0.15) is 0 Å². The number of hydrogen-bond acceptors (Lipinski definition) is 2. The zero-order valence-electron chi connectivity index (χ0n) is 12.6. The van der Waals surface area contributed by atoms with Crippen LogP contribution in [-0.2, 0) is 4.79 Å². The van der Waals surface area contributed by atoms with Gasteiger partial charge in [0.15, 0.2) is 0 Å². The van der Waals surface area contributed by atoms with Crippen LogP contribution in [0.1, 0.15) is 61.3 Å². The highest BCUT2D eigenvalue weighted by molar-refractivity contribution is 5.78. The molecule has 0 radical (unpaired) electrons. The molecule has 102 valence electrons. The van der Waals surface area contributed by atoms with Crippen molar-refractivity contribution in [3.8, 4) is 0 Å². The van der Waals surface area contributed by atoms with E-state index in [0.717, 1.165) is 12.8 Å². The van der Waals surface area contributed by atoms with Gasteiger partial charge in [0.2, 0.25) is 5.91 Å². The molecule has 1 unspecified atom stereocenters. The monoisotopic (exact) mass is 242 g/mol.